The third kappa shape index (κ3) is 3.23. The summed E-state index contributed by atoms with van der Waals surface area (Å²) in [4.78, 5) is 1.91. The minimum atomic E-state index is -4.34. The van der Waals surface area contributed by atoms with Crippen LogP contribution in [0.5, 0.6) is 0 Å². The zero-order valence-electron chi connectivity index (χ0n) is 10.4. The molecule has 0 radical (unpaired) electrons. The molecule has 1 aliphatic rings. The average Bonchev–Trinajstić information content (AvgIpc) is 2.31. The molecule has 2 unspecified atom stereocenters. The van der Waals surface area contributed by atoms with E-state index in [1.54, 1.807) is 0 Å². The molecule has 1 N–H and O–H groups in total. The van der Waals surface area contributed by atoms with Crippen LogP contribution in [0.15, 0.2) is 22.7 Å². The summed E-state index contributed by atoms with van der Waals surface area (Å²) in [6.07, 6.45) is -3.95. The molecule has 0 amide bonds. The molecule has 1 aromatic carbocycles. The molecule has 0 spiro atoms. The van der Waals surface area contributed by atoms with E-state index in [4.69, 9.17) is 0 Å². The van der Waals surface area contributed by atoms with E-state index in [0.717, 1.165) is 25.1 Å². The Bertz CT molecular complexity index is 464. The highest BCUT2D eigenvalue weighted by atomic mass is 79.9. The van der Waals surface area contributed by atoms with Crippen LogP contribution in [-0.4, -0.2) is 24.3 Å². The molecule has 106 valence electrons. The SMILES string of the molecule is CC1CCN(c2ccc(C(F)(F)F)cc2Br)CC1O. The van der Waals surface area contributed by atoms with Gasteiger partial charge in [0.05, 0.1) is 17.4 Å². The normalized spacial score (nSPS) is 24.6. The van der Waals surface area contributed by atoms with Gasteiger partial charge in [-0.1, -0.05) is 6.92 Å². The van der Waals surface area contributed by atoms with Crippen molar-refractivity contribution in [3.63, 3.8) is 0 Å². The van der Waals surface area contributed by atoms with Crippen LogP contribution >= 0.6 is 15.9 Å². The number of alkyl halides is 3. The molecular weight excluding hydrogens is 323 g/mol. The quantitative estimate of drug-likeness (QED) is 0.845. The van der Waals surface area contributed by atoms with Gasteiger partial charge in [0.2, 0.25) is 0 Å². The average molecular weight is 338 g/mol. The van der Waals surface area contributed by atoms with Gasteiger partial charge in [-0.25, -0.2) is 0 Å². The van der Waals surface area contributed by atoms with Gasteiger partial charge in [0, 0.05) is 17.6 Å². The molecule has 0 saturated carbocycles. The van der Waals surface area contributed by atoms with E-state index in [1.807, 2.05) is 11.8 Å². The summed E-state index contributed by atoms with van der Waals surface area (Å²) in [7, 11) is 0. The zero-order valence-corrected chi connectivity index (χ0v) is 12.0. The monoisotopic (exact) mass is 337 g/mol. The summed E-state index contributed by atoms with van der Waals surface area (Å²) in [5.74, 6) is 0.226. The Balaban J connectivity index is 2.22. The van der Waals surface area contributed by atoms with Crippen molar-refractivity contribution in [2.45, 2.75) is 25.6 Å². The summed E-state index contributed by atoms with van der Waals surface area (Å²) in [5.41, 5.74) is 0.0213. The summed E-state index contributed by atoms with van der Waals surface area (Å²) in [6, 6.07) is 3.61. The number of nitrogens with zero attached hydrogens (tertiary/aromatic N) is 1. The number of rotatable bonds is 1. The molecule has 2 rings (SSSR count). The Morgan fingerprint density at radius 3 is 2.58 bits per heavy atom. The molecular formula is C13H15BrF3NO. The van der Waals surface area contributed by atoms with Crippen molar-refractivity contribution in [1.82, 2.24) is 0 Å². The first-order chi connectivity index (χ1) is 8.79. The second-order valence-corrected chi connectivity index (χ2v) is 5.80. The fourth-order valence-corrected chi connectivity index (χ4v) is 2.84. The van der Waals surface area contributed by atoms with Gasteiger partial charge in [0.25, 0.3) is 0 Å². The molecule has 1 aromatic rings. The highest BCUT2D eigenvalue weighted by Gasteiger charge is 2.32. The van der Waals surface area contributed by atoms with Crippen molar-refractivity contribution in [1.29, 1.82) is 0 Å². The fourth-order valence-electron chi connectivity index (χ4n) is 2.21. The van der Waals surface area contributed by atoms with Crippen molar-refractivity contribution in [2.75, 3.05) is 18.0 Å². The van der Waals surface area contributed by atoms with Gasteiger partial charge >= 0.3 is 6.18 Å². The number of hydrogen-bond donors (Lipinski definition) is 1. The molecule has 2 nitrogen and oxygen atoms in total. The molecule has 1 heterocycles. The number of aliphatic hydroxyl groups is 1. The van der Waals surface area contributed by atoms with Crippen LogP contribution < -0.4 is 4.90 Å². The molecule has 1 fully saturated rings. The van der Waals surface area contributed by atoms with E-state index >= 15 is 0 Å². The first-order valence-electron chi connectivity index (χ1n) is 6.09. The molecule has 0 bridgehead atoms. The lowest BCUT2D eigenvalue weighted by Crippen LogP contribution is -2.43. The second-order valence-electron chi connectivity index (χ2n) is 4.94. The largest absolute Gasteiger partial charge is 0.416 e. The fraction of sp³-hybridized carbons (Fsp3) is 0.538. The maximum absolute atomic E-state index is 12.6. The Labute approximate surface area is 118 Å². The molecule has 1 saturated heterocycles. The van der Waals surface area contributed by atoms with E-state index in [0.29, 0.717) is 16.7 Å². The van der Waals surface area contributed by atoms with Crippen LogP contribution in [0.25, 0.3) is 0 Å². The molecule has 2 atom stereocenters. The number of benzene rings is 1. The lowest BCUT2D eigenvalue weighted by Gasteiger charge is -2.36. The lowest BCUT2D eigenvalue weighted by atomic mass is 9.95. The Hall–Kier alpha value is -0.750. The number of halogens is 4. The summed E-state index contributed by atoms with van der Waals surface area (Å²) < 4.78 is 38.1. The zero-order chi connectivity index (χ0) is 14.2. The van der Waals surface area contributed by atoms with Gasteiger partial charge < -0.3 is 10.0 Å². The van der Waals surface area contributed by atoms with Gasteiger partial charge in [-0.2, -0.15) is 13.2 Å². The minimum Gasteiger partial charge on any atom is -0.391 e. The van der Waals surface area contributed by atoms with Gasteiger partial charge in [-0.15, -0.1) is 0 Å². The van der Waals surface area contributed by atoms with Crippen LogP contribution in [0.1, 0.15) is 18.9 Å². The van der Waals surface area contributed by atoms with E-state index in [-0.39, 0.29) is 5.92 Å². The van der Waals surface area contributed by atoms with E-state index < -0.39 is 17.8 Å². The minimum absolute atomic E-state index is 0.226. The first-order valence-corrected chi connectivity index (χ1v) is 6.88. The van der Waals surface area contributed by atoms with Gasteiger partial charge in [-0.05, 0) is 46.5 Å². The van der Waals surface area contributed by atoms with Gasteiger partial charge in [0.1, 0.15) is 0 Å². The summed E-state index contributed by atoms with van der Waals surface area (Å²) in [6.45, 7) is 3.16. The van der Waals surface area contributed by atoms with Crippen LogP contribution in [0.4, 0.5) is 18.9 Å². The predicted octanol–water partition coefficient (Wildman–Crippen LogP) is 3.68. The van der Waals surface area contributed by atoms with E-state index in [9.17, 15) is 18.3 Å². The highest BCUT2D eigenvalue weighted by molar-refractivity contribution is 9.10. The van der Waals surface area contributed by atoms with Crippen LogP contribution in [0.2, 0.25) is 0 Å². The third-order valence-corrected chi connectivity index (χ3v) is 4.17. The van der Waals surface area contributed by atoms with Crippen molar-refractivity contribution >= 4 is 21.6 Å². The first kappa shape index (κ1) is 14.7. The molecule has 0 aromatic heterocycles. The number of anilines is 1. The maximum atomic E-state index is 12.6. The molecule has 1 aliphatic heterocycles. The Morgan fingerprint density at radius 1 is 1.37 bits per heavy atom. The number of β-amino-alcohol motifs (C(OH)–C–C–N with tert-alkyl or cyclic N) is 1. The van der Waals surface area contributed by atoms with Crippen molar-refractivity contribution in [3.8, 4) is 0 Å². The number of hydrogen-bond acceptors (Lipinski definition) is 2. The number of piperidine rings is 1. The predicted molar refractivity (Wildman–Crippen MR) is 71.1 cm³/mol. The van der Waals surface area contributed by atoms with E-state index in [1.165, 1.54) is 6.07 Å². The summed E-state index contributed by atoms with van der Waals surface area (Å²) >= 11 is 3.19. The Kier molecular flexibility index (Phi) is 4.11. The van der Waals surface area contributed by atoms with Crippen LogP contribution in [0, 0.1) is 5.92 Å². The van der Waals surface area contributed by atoms with Crippen molar-refractivity contribution in [2.24, 2.45) is 5.92 Å². The topological polar surface area (TPSA) is 23.5 Å². The van der Waals surface area contributed by atoms with Crippen molar-refractivity contribution < 1.29 is 18.3 Å². The number of aliphatic hydroxyl groups excluding tert-OH is 1. The molecule has 19 heavy (non-hydrogen) atoms. The van der Waals surface area contributed by atoms with Gasteiger partial charge in [-0.3, -0.25) is 0 Å². The van der Waals surface area contributed by atoms with Gasteiger partial charge in [0.15, 0.2) is 0 Å². The standard InChI is InChI=1S/C13H15BrF3NO/c1-8-4-5-18(7-12(8)19)11-3-2-9(6-10(11)14)13(15,16)17/h2-3,6,8,12,19H,4-5,7H2,1H3. The second kappa shape index (κ2) is 5.32. The maximum Gasteiger partial charge on any atom is 0.416 e. The third-order valence-electron chi connectivity index (χ3n) is 3.53. The molecule has 0 aliphatic carbocycles. The molecule has 6 heteroatoms. The van der Waals surface area contributed by atoms with Crippen LogP contribution in [-0.2, 0) is 6.18 Å². The van der Waals surface area contributed by atoms with E-state index in [2.05, 4.69) is 15.9 Å². The smallest absolute Gasteiger partial charge is 0.391 e. The summed E-state index contributed by atoms with van der Waals surface area (Å²) in [5, 5.41) is 9.85. The van der Waals surface area contributed by atoms with Crippen LogP contribution in [0.3, 0.4) is 0 Å². The lowest BCUT2D eigenvalue weighted by molar-refractivity contribution is -0.137. The highest BCUT2D eigenvalue weighted by Crippen LogP contribution is 2.36. The van der Waals surface area contributed by atoms with Crippen molar-refractivity contribution in [3.05, 3.63) is 28.2 Å². The Morgan fingerprint density at radius 2 is 2.05 bits per heavy atom.